The summed E-state index contributed by atoms with van der Waals surface area (Å²) < 4.78 is 22.4. The number of rotatable bonds is 13. The third-order valence-corrected chi connectivity index (χ3v) is 8.45. The molecular formula is C28H38ClN6O4P. The number of benzene rings is 2. The predicted octanol–water partition coefficient (Wildman–Crippen LogP) is 5.40. The highest BCUT2D eigenvalue weighted by atomic mass is 35.5. The van der Waals surface area contributed by atoms with Crippen molar-refractivity contribution in [2.75, 3.05) is 77.3 Å². The highest BCUT2D eigenvalue weighted by Gasteiger charge is 2.23. The van der Waals surface area contributed by atoms with E-state index in [0.29, 0.717) is 36.0 Å². The van der Waals surface area contributed by atoms with E-state index in [0.717, 1.165) is 54.0 Å². The van der Waals surface area contributed by atoms with Crippen LogP contribution in [0.1, 0.15) is 12.8 Å². The average Bonchev–Trinajstić information content (AvgIpc) is 2.97. The lowest BCUT2D eigenvalue weighted by molar-refractivity contribution is 0.146. The van der Waals surface area contributed by atoms with E-state index in [4.69, 9.17) is 30.1 Å². The molecule has 2 aromatic carbocycles. The van der Waals surface area contributed by atoms with E-state index >= 15 is 0 Å². The van der Waals surface area contributed by atoms with Crippen LogP contribution >= 0.6 is 20.0 Å². The maximum atomic E-state index is 6.47. The fourth-order valence-corrected chi connectivity index (χ4v) is 5.82. The smallest absolute Gasteiger partial charge is 0.229 e. The van der Waals surface area contributed by atoms with Crippen LogP contribution in [0.4, 0.5) is 28.8 Å². The summed E-state index contributed by atoms with van der Waals surface area (Å²) in [6, 6.07) is 14.4. The minimum absolute atomic E-state index is 0.388. The number of para-hydroxylation sites is 1. The molecule has 2 N–H and O–H groups in total. The SMILES string of the molecule is COCCOc1cc(Nc2ncc(Cl)c(Nc3ccccc3P(OC)OC)n2)ccc1N1CCC(N(C)C)CC1. The summed E-state index contributed by atoms with van der Waals surface area (Å²) in [7, 11) is 7.96. The number of hydrogen-bond acceptors (Lipinski definition) is 10. The number of halogens is 1. The number of aromatic nitrogens is 2. The molecule has 1 saturated heterocycles. The van der Waals surface area contributed by atoms with Crippen molar-refractivity contribution in [2.24, 2.45) is 0 Å². The zero-order chi connectivity index (χ0) is 28.5. The second-order valence-electron chi connectivity index (χ2n) is 9.49. The van der Waals surface area contributed by atoms with Gasteiger partial charge in [0, 0.05) is 52.2 Å². The van der Waals surface area contributed by atoms with Crippen molar-refractivity contribution in [1.29, 1.82) is 0 Å². The van der Waals surface area contributed by atoms with Crippen LogP contribution in [-0.2, 0) is 13.8 Å². The van der Waals surface area contributed by atoms with Crippen molar-refractivity contribution < 1.29 is 18.5 Å². The second-order valence-corrected chi connectivity index (χ2v) is 11.6. The van der Waals surface area contributed by atoms with Gasteiger partial charge in [-0.3, -0.25) is 0 Å². The molecular weight excluding hydrogens is 551 g/mol. The van der Waals surface area contributed by atoms with Crippen LogP contribution < -0.4 is 25.6 Å². The van der Waals surface area contributed by atoms with Crippen LogP contribution in [0.3, 0.4) is 0 Å². The third-order valence-electron chi connectivity index (χ3n) is 6.73. The van der Waals surface area contributed by atoms with Gasteiger partial charge in [0.25, 0.3) is 0 Å². The number of ether oxygens (including phenoxy) is 2. The third kappa shape index (κ3) is 7.72. The van der Waals surface area contributed by atoms with Gasteiger partial charge in [0.05, 0.1) is 29.5 Å². The molecule has 12 heteroatoms. The molecule has 0 aliphatic carbocycles. The molecule has 216 valence electrons. The molecule has 4 rings (SSSR count). The Morgan fingerprint density at radius 3 is 2.48 bits per heavy atom. The highest BCUT2D eigenvalue weighted by molar-refractivity contribution is 7.56. The van der Waals surface area contributed by atoms with Gasteiger partial charge in [0.2, 0.25) is 14.3 Å². The number of nitrogens with one attached hydrogen (secondary N) is 2. The lowest BCUT2D eigenvalue weighted by Crippen LogP contribution is -2.42. The lowest BCUT2D eigenvalue weighted by atomic mass is 10.0. The van der Waals surface area contributed by atoms with E-state index < -0.39 is 8.38 Å². The highest BCUT2D eigenvalue weighted by Crippen LogP contribution is 2.39. The van der Waals surface area contributed by atoms with Crippen molar-refractivity contribution >= 4 is 54.1 Å². The lowest BCUT2D eigenvalue weighted by Gasteiger charge is -2.37. The second kappa shape index (κ2) is 14.8. The molecule has 0 spiro atoms. The molecule has 0 radical (unpaired) electrons. The van der Waals surface area contributed by atoms with E-state index in [1.807, 2.05) is 36.4 Å². The van der Waals surface area contributed by atoms with E-state index in [1.165, 1.54) is 0 Å². The van der Waals surface area contributed by atoms with Crippen molar-refractivity contribution in [3.8, 4) is 5.75 Å². The van der Waals surface area contributed by atoms with Crippen LogP contribution in [0.2, 0.25) is 5.02 Å². The van der Waals surface area contributed by atoms with Gasteiger partial charge >= 0.3 is 0 Å². The molecule has 2 heterocycles. The molecule has 10 nitrogen and oxygen atoms in total. The molecule has 1 fully saturated rings. The van der Waals surface area contributed by atoms with E-state index in [1.54, 1.807) is 27.5 Å². The van der Waals surface area contributed by atoms with Crippen molar-refractivity contribution in [3.63, 3.8) is 0 Å². The van der Waals surface area contributed by atoms with Gasteiger partial charge in [0.1, 0.15) is 17.4 Å². The molecule has 1 aliphatic rings. The molecule has 0 saturated carbocycles. The van der Waals surface area contributed by atoms with Crippen molar-refractivity contribution in [2.45, 2.75) is 18.9 Å². The van der Waals surface area contributed by atoms with Crippen LogP contribution in [0.5, 0.6) is 5.75 Å². The fraction of sp³-hybridized carbons (Fsp3) is 0.429. The summed E-state index contributed by atoms with van der Waals surface area (Å²) in [5, 5.41) is 7.88. The Bertz CT molecular complexity index is 1240. The maximum absolute atomic E-state index is 6.47. The summed E-state index contributed by atoms with van der Waals surface area (Å²) in [6.07, 6.45) is 3.79. The first-order chi connectivity index (χ1) is 19.4. The standard InChI is InChI=1S/C28H38ClN6O4P/c1-34(2)21-12-14-35(15-13-21)24-11-10-20(18-25(24)39-17-16-36-3)31-28-30-19-22(29)27(33-28)32-23-8-6-7-9-26(23)40(37-4)38-5/h6-11,18-19,21H,12-17H2,1-5H3,(H2,30,31,32,33). The first kappa shape index (κ1) is 30.2. The Balaban J connectivity index is 1.54. The zero-order valence-corrected chi connectivity index (χ0v) is 25.3. The predicted molar refractivity (Wildman–Crippen MR) is 163 cm³/mol. The summed E-state index contributed by atoms with van der Waals surface area (Å²) >= 11 is 6.47. The van der Waals surface area contributed by atoms with Crippen LogP contribution in [-0.4, -0.2) is 82.6 Å². The maximum Gasteiger partial charge on any atom is 0.229 e. The Labute approximate surface area is 242 Å². The van der Waals surface area contributed by atoms with Gasteiger partial charge < -0.3 is 39.0 Å². The van der Waals surface area contributed by atoms with Gasteiger partial charge in [-0.25, -0.2) is 4.98 Å². The largest absolute Gasteiger partial charge is 0.489 e. The molecule has 1 aromatic heterocycles. The first-order valence-electron chi connectivity index (χ1n) is 13.1. The summed E-state index contributed by atoms with van der Waals surface area (Å²) in [4.78, 5) is 13.7. The van der Waals surface area contributed by atoms with Crippen LogP contribution in [0.15, 0.2) is 48.7 Å². The molecule has 40 heavy (non-hydrogen) atoms. The molecule has 0 atom stereocenters. The minimum atomic E-state index is -1.24. The van der Waals surface area contributed by atoms with Gasteiger partial charge in [-0.1, -0.05) is 23.7 Å². The normalized spacial score (nSPS) is 14.2. The summed E-state index contributed by atoms with van der Waals surface area (Å²) in [6.45, 7) is 2.91. The van der Waals surface area contributed by atoms with Gasteiger partial charge in [0.15, 0.2) is 5.82 Å². The van der Waals surface area contributed by atoms with E-state index in [2.05, 4.69) is 50.6 Å². The van der Waals surface area contributed by atoms with E-state index in [9.17, 15) is 0 Å². The van der Waals surface area contributed by atoms with Crippen molar-refractivity contribution in [3.05, 3.63) is 53.7 Å². The molecule has 1 aliphatic heterocycles. The van der Waals surface area contributed by atoms with Crippen LogP contribution in [0, 0.1) is 0 Å². The summed E-state index contributed by atoms with van der Waals surface area (Å²) in [5.41, 5.74) is 2.66. The molecule has 0 bridgehead atoms. The van der Waals surface area contributed by atoms with Gasteiger partial charge in [-0.05, 0) is 51.2 Å². The van der Waals surface area contributed by atoms with Crippen molar-refractivity contribution in [1.82, 2.24) is 14.9 Å². The average molecular weight is 589 g/mol. The monoisotopic (exact) mass is 588 g/mol. The fourth-order valence-electron chi connectivity index (χ4n) is 4.61. The zero-order valence-electron chi connectivity index (χ0n) is 23.7. The number of methoxy groups -OCH3 is 1. The van der Waals surface area contributed by atoms with Gasteiger partial charge in [-0.15, -0.1) is 0 Å². The first-order valence-corrected chi connectivity index (χ1v) is 14.7. The topological polar surface area (TPSA) is 93.2 Å². The number of nitrogens with zero attached hydrogens (tertiary/aromatic N) is 4. The Hall–Kier alpha value is -2.72. The van der Waals surface area contributed by atoms with E-state index in [-0.39, 0.29) is 0 Å². The summed E-state index contributed by atoms with van der Waals surface area (Å²) in [5.74, 6) is 1.65. The quantitative estimate of drug-likeness (QED) is 0.200. The number of anilines is 5. The minimum Gasteiger partial charge on any atom is -0.489 e. The Kier molecular flexibility index (Phi) is 11.2. The number of piperidine rings is 1. The molecule has 0 unspecified atom stereocenters. The van der Waals surface area contributed by atoms with Gasteiger partial charge in [-0.2, -0.15) is 4.98 Å². The van der Waals surface area contributed by atoms with Crippen LogP contribution in [0.25, 0.3) is 0 Å². The number of hydrogen-bond donors (Lipinski definition) is 2. The Morgan fingerprint density at radius 2 is 1.77 bits per heavy atom. The Morgan fingerprint density at radius 1 is 1.02 bits per heavy atom. The molecule has 3 aromatic rings. The molecule has 0 amide bonds.